The zero-order valence-corrected chi connectivity index (χ0v) is 13.7. The van der Waals surface area contributed by atoms with Crippen LogP contribution in [0.4, 0.5) is 17.1 Å². The first-order valence-corrected chi connectivity index (χ1v) is 8.13. The van der Waals surface area contributed by atoms with E-state index in [4.69, 9.17) is 0 Å². The number of anilines is 3. The zero-order chi connectivity index (χ0) is 17.9. The minimum Gasteiger partial charge on any atom is -0.355 e. The van der Waals surface area contributed by atoms with Crippen molar-refractivity contribution < 1.29 is 4.79 Å². The molecule has 0 saturated carbocycles. The van der Waals surface area contributed by atoms with E-state index in [0.29, 0.717) is 28.0 Å². The van der Waals surface area contributed by atoms with E-state index in [9.17, 15) is 9.59 Å². The van der Waals surface area contributed by atoms with Gasteiger partial charge in [0.05, 0.1) is 22.3 Å². The summed E-state index contributed by atoms with van der Waals surface area (Å²) in [4.78, 5) is 29.4. The number of nitrogens with one attached hydrogen (secondary N) is 4. The highest BCUT2D eigenvalue weighted by Gasteiger charge is 2.12. The number of carbonyl (C=O) groups excluding carboxylic acids is 1. The van der Waals surface area contributed by atoms with Crippen LogP contribution in [0.15, 0.2) is 77.6 Å². The molecular formula is C20H16N4O2. The van der Waals surface area contributed by atoms with E-state index in [2.05, 4.69) is 20.6 Å². The molecule has 6 heteroatoms. The summed E-state index contributed by atoms with van der Waals surface area (Å²) < 4.78 is 0. The third kappa shape index (κ3) is 3.21. The van der Waals surface area contributed by atoms with Crippen LogP contribution < -0.4 is 16.3 Å². The number of fused-ring (bicyclic) bond motifs is 1. The van der Waals surface area contributed by atoms with Gasteiger partial charge in [-0.25, -0.2) is 4.79 Å². The first kappa shape index (κ1) is 15.7. The number of para-hydroxylation sites is 2. The highest BCUT2D eigenvalue weighted by atomic mass is 16.2. The van der Waals surface area contributed by atoms with Gasteiger partial charge in [-0.05, 0) is 42.5 Å². The maximum atomic E-state index is 12.7. The fourth-order valence-electron chi connectivity index (χ4n) is 2.78. The number of amides is 1. The number of imidazole rings is 1. The van der Waals surface area contributed by atoms with Gasteiger partial charge in [-0.15, -0.1) is 0 Å². The normalized spacial score (nSPS) is 10.6. The van der Waals surface area contributed by atoms with Gasteiger partial charge in [0, 0.05) is 11.4 Å². The third-order valence-corrected chi connectivity index (χ3v) is 4.00. The maximum absolute atomic E-state index is 12.7. The number of carbonyl (C=O) groups is 1. The molecule has 0 bridgehead atoms. The number of aromatic amines is 2. The lowest BCUT2D eigenvalue weighted by Crippen LogP contribution is -2.13. The fourth-order valence-corrected chi connectivity index (χ4v) is 2.78. The van der Waals surface area contributed by atoms with Crippen molar-refractivity contribution in [3.8, 4) is 0 Å². The number of rotatable bonds is 4. The topological polar surface area (TPSA) is 89.8 Å². The van der Waals surface area contributed by atoms with Crippen LogP contribution in [0.5, 0.6) is 0 Å². The Morgan fingerprint density at radius 2 is 1.50 bits per heavy atom. The van der Waals surface area contributed by atoms with Crippen LogP contribution in [-0.2, 0) is 0 Å². The van der Waals surface area contributed by atoms with Crippen molar-refractivity contribution in [3.05, 3.63) is 88.8 Å². The molecule has 4 N–H and O–H groups in total. The molecule has 0 radical (unpaired) electrons. The zero-order valence-electron chi connectivity index (χ0n) is 13.7. The van der Waals surface area contributed by atoms with Crippen LogP contribution in [0.2, 0.25) is 0 Å². The average Bonchev–Trinajstić information content (AvgIpc) is 3.02. The number of aromatic nitrogens is 2. The molecule has 0 atom stereocenters. The largest absolute Gasteiger partial charge is 0.355 e. The van der Waals surface area contributed by atoms with Gasteiger partial charge >= 0.3 is 5.69 Å². The van der Waals surface area contributed by atoms with Crippen molar-refractivity contribution in [3.63, 3.8) is 0 Å². The Kier molecular flexibility index (Phi) is 3.99. The monoisotopic (exact) mass is 344 g/mol. The van der Waals surface area contributed by atoms with Crippen LogP contribution in [0.25, 0.3) is 11.0 Å². The molecule has 1 aromatic heterocycles. The molecule has 0 fully saturated rings. The van der Waals surface area contributed by atoms with Gasteiger partial charge in [0.25, 0.3) is 5.91 Å². The van der Waals surface area contributed by atoms with Gasteiger partial charge in [0.1, 0.15) is 0 Å². The average molecular weight is 344 g/mol. The summed E-state index contributed by atoms with van der Waals surface area (Å²) in [7, 11) is 0. The molecule has 1 heterocycles. The summed E-state index contributed by atoms with van der Waals surface area (Å²) in [6.45, 7) is 0. The lowest BCUT2D eigenvalue weighted by Gasteiger charge is -2.12. The molecule has 0 unspecified atom stereocenters. The van der Waals surface area contributed by atoms with Crippen molar-refractivity contribution >= 4 is 34.0 Å². The predicted octanol–water partition coefficient (Wildman–Crippen LogP) is 3.85. The van der Waals surface area contributed by atoms with Crippen LogP contribution in [-0.4, -0.2) is 15.9 Å². The van der Waals surface area contributed by atoms with E-state index in [1.54, 1.807) is 24.3 Å². The van der Waals surface area contributed by atoms with E-state index >= 15 is 0 Å². The fraction of sp³-hybridized carbons (Fsp3) is 0. The summed E-state index contributed by atoms with van der Waals surface area (Å²) in [5.74, 6) is -0.235. The smallest absolute Gasteiger partial charge is 0.323 e. The number of hydrogen-bond acceptors (Lipinski definition) is 3. The quantitative estimate of drug-likeness (QED) is 0.453. The molecule has 6 nitrogen and oxygen atoms in total. The molecule has 0 aliphatic rings. The van der Waals surface area contributed by atoms with Crippen LogP contribution in [0, 0.1) is 0 Å². The van der Waals surface area contributed by atoms with Gasteiger partial charge in [-0.1, -0.05) is 30.3 Å². The molecule has 0 aliphatic heterocycles. The molecule has 1 amide bonds. The Balaban J connectivity index is 1.60. The number of benzene rings is 3. The van der Waals surface area contributed by atoms with Gasteiger partial charge in [0.2, 0.25) is 0 Å². The molecule has 0 aliphatic carbocycles. The van der Waals surface area contributed by atoms with E-state index in [1.807, 2.05) is 48.5 Å². The summed E-state index contributed by atoms with van der Waals surface area (Å²) in [6.07, 6.45) is 0. The summed E-state index contributed by atoms with van der Waals surface area (Å²) >= 11 is 0. The van der Waals surface area contributed by atoms with Crippen molar-refractivity contribution in [2.24, 2.45) is 0 Å². The van der Waals surface area contributed by atoms with Crippen molar-refractivity contribution in [2.45, 2.75) is 0 Å². The van der Waals surface area contributed by atoms with Gasteiger partial charge in [-0.2, -0.15) is 0 Å². The van der Waals surface area contributed by atoms with E-state index < -0.39 is 0 Å². The highest BCUT2D eigenvalue weighted by Crippen LogP contribution is 2.22. The van der Waals surface area contributed by atoms with Gasteiger partial charge in [0.15, 0.2) is 0 Å². The predicted molar refractivity (Wildman–Crippen MR) is 103 cm³/mol. The SMILES string of the molecule is O=C(Nc1ccc2[nH]c(=O)[nH]c2c1)c1ccccc1Nc1ccccc1. The first-order chi connectivity index (χ1) is 12.7. The summed E-state index contributed by atoms with van der Waals surface area (Å²) in [5, 5.41) is 6.13. The second-order valence-corrected chi connectivity index (χ2v) is 5.83. The molecule has 0 spiro atoms. The van der Waals surface area contributed by atoms with Crippen LogP contribution in [0.3, 0.4) is 0 Å². The number of hydrogen-bond donors (Lipinski definition) is 4. The van der Waals surface area contributed by atoms with Gasteiger partial charge in [-0.3, -0.25) is 4.79 Å². The van der Waals surface area contributed by atoms with Crippen molar-refractivity contribution in [1.82, 2.24) is 9.97 Å². The van der Waals surface area contributed by atoms with E-state index in [0.717, 1.165) is 5.69 Å². The lowest BCUT2D eigenvalue weighted by atomic mass is 10.1. The number of H-pyrrole nitrogens is 2. The minimum atomic E-state index is -0.277. The van der Waals surface area contributed by atoms with E-state index in [-0.39, 0.29) is 11.6 Å². The molecule has 128 valence electrons. The Morgan fingerprint density at radius 3 is 2.35 bits per heavy atom. The molecular weight excluding hydrogens is 328 g/mol. The van der Waals surface area contributed by atoms with Crippen LogP contribution >= 0.6 is 0 Å². The molecule has 4 rings (SSSR count). The molecule has 26 heavy (non-hydrogen) atoms. The lowest BCUT2D eigenvalue weighted by molar-refractivity contribution is 0.102. The Labute approximate surface area is 148 Å². The molecule has 0 saturated heterocycles. The summed E-state index contributed by atoms with van der Waals surface area (Å²) in [5.41, 5.74) is 3.81. The third-order valence-electron chi connectivity index (χ3n) is 4.00. The van der Waals surface area contributed by atoms with Crippen molar-refractivity contribution in [2.75, 3.05) is 10.6 Å². The molecule has 4 aromatic rings. The second kappa shape index (κ2) is 6.60. The van der Waals surface area contributed by atoms with E-state index in [1.165, 1.54) is 0 Å². The standard InChI is InChI=1S/C20H16N4O2/c25-19(22-14-10-11-17-18(12-14)24-20(26)23-17)15-8-4-5-9-16(15)21-13-6-2-1-3-7-13/h1-12,21H,(H,22,25)(H2,23,24,26). The maximum Gasteiger partial charge on any atom is 0.323 e. The minimum absolute atomic E-state index is 0.235. The first-order valence-electron chi connectivity index (χ1n) is 8.13. The Hall–Kier alpha value is -3.80. The Morgan fingerprint density at radius 1 is 0.769 bits per heavy atom. The van der Waals surface area contributed by atoms with Gasteiger partial charge < -0.3 is 20.6 Å². The molecule has 3 aromatic carbocycles. The second-order valence-electron chi connectivity index (χ2n) is 5.83. The highest BCUT2D eigenvalue weighted by molar-refractivity contribution is 6.08. The Bertz CT molecular complexity index is 1130. The van der Waals surface area contributed by atoms with Crippen molar-refractivity contribution in [1.29, 1.82) is 0 Å². The van der Waals surface area contributed by atoms with Crippen LogP contribution in [0.1, 0.15) is 10.4 Å². The summed E-state index contributed by atoms with van der Waals surface area (Å²) in [6, 6.07) is 22.2.